The maximum absolute atomic E-state index is 12.4. The minimum atomic E-state index is -0.123. The van der Waals surface area contributed by atoms with Gasteiger partial charge in [0, 0.05) is 30.1 Å². The molecule has 6 heteroatoms. The van der Waals surface area contributed by atoms with Crippen molar-refractivity contribution in [2.75, 3.05) is 37.0 Å². The van der Waals surface area contributed by atoms with Crippen LogP contribution in [0, 0.1) is 0 Å². The number of nitrogens with one attached hydrogen (secondary N) is 2. The summed E-state index contributed by atoms with van der Waals surface area (Å²) in [5.41, 5.74) is 1.57. The second-order valence-electron chi connectivity index (χ2n) is 7.81. The van der Waals surface area contributed by atoms with Crippen LogP contribution in [0.4, 0.5) is 11.4 Å². The summed E-state index contributed by atoms with van der Waals surface area (Å²) in [6, 6.07) is 15.2. The molecule has 168 valence electrons. The lowest BCUT2D eigenvalue weighted by molar-refractivity contribution is -0.114. The number of hydrogen-bond donors (Lipinski definition) is 2. The van der Waals surface area contributed by atoms with Crippen LogP contribution in [0.5, 0.6) is 11.5 Å². The summed E-state index contributed by atoms with van der Waals surface area (Å²) in [5.74, 6) is 1.42. The summed E-state index contributed by atoms with van der Waals surface area (Å²) in [5, 5.41) is 6.06. The minimum absolute atomic E-state index is 0.123. The fraction of sp³-hybridized carbons (Fsp3) is 0.480. The van der Waals surface area contributed by atoms with Crippen molar-refractivity contribution >= 4 is 17.3 Å². The number of benzene rings is 2. The SMILES string of the molecule is CCCCCCOc1cccc(NCC(=O)Nc2cccc(OCC3CCCO3)c2)c1. The molecule has 1 atom stereocenters. The summed E-state index contributed by atoms with van der Waals surface area (Å²) in [6.07, 6.45) is 6.99. The number of rotatable bonds is 13. The van der Waals surface area contributed by atoms with Gasteiger partial charge in [-0.15, -0.1) is 0 Å². The molecule has 0 spiro atoms. The molecule has 1 aliphatic rings. The van der Waals surface area contributed by atoms with Gasteiger partial charge in [0.15, 0.2) is 0 Å². The number of amides is 1. The van der Waals surface area contributed by atoms with Gasteiger partial charge in [-0.05, 0) is 43.5 Å². The third-order valence-corrected chi connectivity index (χ3v) is 5.13. The number of carbonyl (C=O) groups is 1. The molecule has 31 heavy (non-hydrogen) atoms. The van der Waals surface area contributed by atoms with Crippen LogP contribution in [-0.2, 0) is 9.53 Å². The third-order valence-electron chi connectivity index (χ3n) is 5.13. The summed E-state index contributed by atoms with van der Waals surface area (Å²) in [7, 11) is 0. The molecule has 2 aromatic carbocycles. The number of unbranched alkanes of at least 4 members (excludes halogenated alkanes) is 3. The topological polar surface area (TPSA) is 68.8 Å². The zero-order valence-electron chi connectivity index (χ0n) is 18.4. The number of hydrogen-bond acceptors (Lipinski definition) is 5. The normalized spacial score (nSPS) is 15.5. The first kappa shape index (κ1) is 22.9. The van der Waals surface area contributed by atoms with Gasteiger partial charge in [0.05, 0.1) is 19.3 Å². The van der Waals surface area contributed by atoms with E-state index in [2.05, 4.69) is 17.6 Å². The van der Waals surface area contributed by atoms with Crippen LogP contribution < -0.4 is 20.1 Å². The van der Waals surface area contributed by atoms with E-state index in [0.29, 0.717) is 12.3 Å². The van der Waals surface area contributed by atoms with Crippen molar-refractivity contribution in [1.29, 1.82) is 0 Å². The molecule has 3 rings (SSSR count). The van der Waals surface area contributed by atoms with E-state index in [9.17, 15) is 4.79 Å². The zero-order chi connectivity index (χ0) is 21.7. The van der Waals surface area contributed by atoms with Gasteiger partial charge in [-0.2, -0.15) is 0 Å². The molecule has 2 aromatic rings. The largest absolute Gasteiger partial charge is 0.494 e. The molecule has 2 N–H and O–H groups in total. The van der Waals surface area contributed by atoms with E-state index in [0.717, 1.165) is 49.7 Å². The Morgan fingerprint density at radius 2 is 1.81 bits per heavy atom. The van der Waals surface area contributed by atoms with Crippen LogP contribution in [0.15, 0.2) is 48.5 Å². The molecule has 6 nitrogen and oxygen atoms in total. The van der Waals surface area contributed by atoms with Gasteiger partial charge >= 0.3 is 0 Å². The van der Waals surface area contributed by atoms with E-state index in [-0.39, 0.29) is 18.6 Å². The minimum Gasteiger partial charge on any atom is -0.494 e. The molecule has 1 fully saturated rings. The van der Waals surface area contributed by atoms with Crippen LogP contribution in [0.3, 0.4) is 0 Å². The van der Waals surface area contributed by atoms with Crippen LogP contribution in [0.25, 0.3) is 0 Å². The number of carbonyl (C=O) groups excluding carboxylic acids is 1. The smallest absolute Gasteiger partial charge is 0.243 e. The fourth-order valence-electron chi connectivity index (χ4n) is 3.43. The molecule has 1 saturated heterocycles. The Bertz CT molecular complexity index is 806. The summed E-state index contributed by atoms with van der Waals surface area (Å²) in [6.45, 7) is 4.43. The molecule has 0 saturated carbocycles. The predicted octanol–water partition coefficient (Wildman–Crippen LogP) is 5.25. The molecule has 1 aliphatic heterocycles. The van der Waals surface area contributed by atoms with Crippen molar-refractivity contribution in [3.05, 3.63) is 48.5 Å². The first-order valence-corrected chi connectivity index (χ1v) is 11.3. The zero-order valence-corrected chi connectivity index (χ0v) is 18.4. The highest BCUT2D eigenvalue weighted by Crippen LogP contribution is 2.20. The van der Waals surface area contributed by atoms with Gasteiger partial charge in [0.1, 0.15) is 18.1 Å². The van der Waals surface area contributed by atoms with E-state index < -0.39 is 0 Å². The van der Waals surface area contributed by atoms with Gasteiger partial charge in [0.25, 0.3) is 0 Å². The Labute approximate surface area is 185 Å². The molecule has 1 amide bonds. The van der Waals surface area contributed by atoms with Crippen LogP contribution in [-0.4, -0.2) is 38.4 Å². The monoisotopic (exact) mass is 426 g/mol. The quantitative estimate of drug-likeness (QED) is 0.428. The third kappa shape index (κ3) is 8.50. The fourth-order valence-corrected chi connectivity index (χ4v) is 3.43. The van der Waals surface area contributed by atoms with Gasteiger partial charge in [-0.25, -0.2) is 0 Å². The van der Waals surface area contributed by atoms with Gasteiger partial charge in [-0.1, -0.05) is 38.3 Å². The second-order valence-corrected chi connectivity index (χ2v) is 7.81. The lowest BCUT2D eigenvalue weighted by Crippen LogP contribution is -2.21. The molecule has 0 aromatic heterocycles. The average Bonchev–Trinajstić information content (AvgIpc) is 3.31. The summed E-state index contributed by atoms with van der Waals surface area (Å²) < 4.78 is 17.2. The Balaban J connectivity index is 1.40. The molecule has 1 unspecified atom stereocenters. The van der Waals surface area contributed by atoms with Gasteiger partial charge < -0.3 is 24.8 Å². The van der Waals surface area contributed by atoms with Crippen molar-refractivity contribution in [3.63, 3.8) is 0 Å². The highest BCUT2D eigenvalue weighted by atomic mass is 16.5. The Kier molecular flexibility index (Phi) is 9.51. The van der Waals surface area contributed by atoms with E-state index in [4.69, 9.17) is 14.2 Å². The number of anilines is 2. The lowest BCUT2D eigenvalue weighted by atomic mass is 10.2. The van der Waals surface area contributed by atoms with E-state index in [1.807, 2.05) is 48.5 Å². The standard InChI is InChI=1S/C25H34N2O4/c1-2-3-4-5-14-29-22-11-6-9-20(16-22)26-18-25(28)27-21-10-7-12-23(17-21)31-19-24-13-8-15-30-24/h6-7,9-12,16-17,24,26H,2-5,8,13-15,18-19H2,1H3,(H,27,28). The van der Waals surface area contributed by atoms with Crippen molar-refractivity contribution in [1.82, 2.24) is 0 Å². The second kappa shape index (κ2) is 12.8. The molecule has 1 heterocycles. The predicted molar refractivity (Wildman–Crippen MR) is 124 cm³/mol. The Hall–Kier alpha value is -2.73. The first-order chi connectivity index (χ1) is 15.2. The Morgan fingerprint density at radius 1 is 1.03 bits per heavy atom. The van der Waals surface area contributed by atoms with Crippen molar-refractivity contribution in [3.8, 4) is 11.5 Å². The summed E-state index contributed by atoms with van der Waals surface area (Å²) in [4.78, 5) is 12.4. The van der Waals surface area contributed by atoms with Crippen molar-refractivity contribution in [2.45, 2.75) is 51.6 Å². The highest BCUT2D eigenvalue weighted by Gasteiger charge is 2.16. The van der Waals surface area contributed by atoms with Gasteiger partial charge in [0.2, 0.25) is 5.91 Å². The van der Waals surface area contributed by atoms with Crippen LogP contribution in [0.1, 0.15) is 45.4 Å². The average molecular weight is 427 g/mol. The molecule has 0 aliphatic carbocycles. The van der Waals surface area contributed by atoms with Gasteiger partial charge in [-0.3, -0.25) is 4.79 Å². The Morgan fingerprint density at radius 3 is 2.58 bits per heavy atom. The first-order valence-electron chi connectivity index (χ1n) is 11.3. The van der Waals surface area contributed by atoms with E-state index in [1.165, 1.54) is 19.3 Å². The maximum Gasteiger partial charge on any atom is 0.243 e. The van der Waals surface area contributed by atoms with E-state index >= 15 is 0 Å². The maximum atomic E-state index is 12.4. The van der Waals surface area contributed by atoms with E-state index in [1.54, 1.807) is 0 Å². The summed E-state index contributed by atoms with van der Waals surface area (Å²) >= 11 is 0. The van der Waals surface area contributed by atoms with Crippen LogP contribution >= 0.6 is 0 Å². The molecular weight excluding hydrogens is 392 g/mol. The molecule has 0 bridgehead atoms. The molecular formula is C25H34N2O4. The van der Waals surface area contributed by atoms with Crippen molar-refractivity contribution in [2.24, 2.45) is 0 Å². The molecule has 0 radical (unpaired) electrons. The van der Waals surface area contributed by atoms with Crippen LogP contribution in [0.2, 0.25) is 0 Å². The lowest BCUT2D eigenvalue weighted by Gasteiger charge is -2.13. The van der Waals surface area contributed by atoms with Crippen molar-refractivity contribution < 1.29 is 19.0 Å². The highest BCUT2D eigenvalue weighted by molar-refractivity contribution is 5.93. The number of ether oxygens (including phenoxy) is 3.